The summed E-state index contributed by atoms with van der Waals surface area (Å²) >= 11 is 0. The highest BCUT2D eigenvalue weighted by molar-refractivity contribution is 6.05. The van der Waals surface area contributed by atoms with Gasteiger partial charge in [-0.3, -0.25) is 4.79 Å². The van der Waals surface area contributed by atoms with Gasteiger partial charge in [0.1, 0.15) is 24.0 Å². The third-order valence-electron chi connectivity index (χ3n) is 5.34. The lowest BCUT2D eigenvalue weighted by Crippen LogP contribution is -2.32. The zero-order valence-corrected chi connectivity index (χ0v) is 17.2. The molecule has 0 aromatic heterocycles. The lowest BCUT2D eigenvalue weighted by molar-refractivity contribution is -0.117. The predicted molar refractivity (Wildman–Crippen MR) is 120 cm³/mol. The van der Waals surface area contributed by atoms with Crippen LogP contribution in [-0.2, 0) is 16.1 Å². The minimum Gasteiger partial charge on any atom is -0.488 e. The van der Waals surface area contributed by atoms with E-state index in [1.807, 2.05) is 72.8 Å². The fraction of sp³-hybridized carbons (Fsp3) is 0.231. The van der Waals surface area contributed by atoms with Crippen LogP contribution in [0.3, 0.4) is 0 Å². The van der Waals surface area contributed by atoms with Gasteiger partial charge in [0, 0.05) is 18.7 Å². The van der Waals surface area contributed by atoms with Crippen LogP contribution in [0.1, 0.15) is 24.0 Å². The van der Waals surface area contributed by atoms with Gasteiger partial charge in [0.25, 0.3) is 5.91 Å². The van der Waals surface area contributed by atoms with Gasteiger partial charge in [-0.1, -0.05) is 60.7 Å². The number of benzene rings is 3. The van der Waals surface area contributed by atoms with Crippen LogP contribution in [0.25, 0.3) is 16.8 Å². The van der Waals surface area contributed by atoms with Gasteiger partial charge in [-0.25, -0.2) is 0 Å². The average Bonchev–Trinajstić information content (AvgIpc) is 3.34. The van der Waals surface area contributed by atoms with Gasteiger partial charge in [0.15, 0.2) is 0 Å². The van der Waals surface area contributed by atoms with Crippen molar-refractivity contribution in [2.75, 3.05) is 13.2 Å². The Labute approximate surface area is 181 Å². The maximum Gasteiger partial charge on any atom is 0.262 e. The maximum atomic E-state index is 12.7. The van der Waals surface area contributed by atoms with E-state index < -0.39 is 5.91 Å². The summed E-state index contributed by atoms with van der Waals surface area (Å²) in [5.74, 6) is 0.224. The number of hydrogen-bond donors (Lipinski definition) is 1. The van der Waals surface area contributed by atoms with E-state index in [1.165, 1.54) is 0 Å². The summed E-state index contributed by atoms with van der Waals surface area (Å²) in [7, 11) is 0. The Bertz CT molecular complexity index is 1130. The van der Waals surface area contributed by atoms with E-state index in [2.05, 4.69) is 5.32 Å². The van der Waals surface area contributed by atoms with Crippen molar-refractivity contribution >= 4 is 22.8 Å². The molecule has 1 heterocycles. The van der Waals surface area contributed by atoms with E-state index in [4.69, 9.17) is 9.47 Å². The molecule has 1 amide bonds. The highest BCUT2D eigenvalue weighted by Crippen LogP contribution is 2.31. The van der Waals surface area contributed by atoms with Crippen molar-refractivity contribution in [2.45, 2.75) is 25.6 Å². The molecular formula is C26H24N2O3. The molecule has 1 atom stereocenters. The molecule has 31 heavy (non-hydrogen) atoms. The molecule has 0 radical (unpaired) electrons. The fourth-order valence-electron chi connectivity index (χ4n) is 3.69. The van der Waals surface area contributed by atoms with Crippen molar-refractivity contribution in [3.63, 3.8) is 0 Å². The zero-order chi connectivity index (χ0) is 21.5. The molecule has 0 bridgehead atoms. The Balaban J connectivity index is 1.62. The highest BCUT2D eigenvalue weighted by Gasteiger charge is 2.18. The van der Waals surface area contributed by atoms with Gasteiger partial charge < -0.3 is 14.8 Å². The summed E-state index contributed by atoms with van der Waals surface area (Å²) in [5, 5.41) is 14.4. The second kappa shape index (κ2) is 9.92. The third-order valence-corrected chi connectivity index (χ3v) is 5.34. The largest absolute Gasteiger partial charge is 0.488 e. The SMILES string of the molecule is N#C/C(=C/c1c(OCc2ccccc2)ccc2ccccc12)C(=O)NC[C@H]1CCCO1. The number of amides is 1. The van der Waals surface area contributed by atoms with E-state index in [0.29, 0.717) is 18.9 Å². The smallest absolute Gasteiger partial charge is 0.262 e. The number of ether oxygens (including phenoxy) is 2. The van der Waals surface area contributed by atoms with E-state index in [0.717, 1.165) is 41.3 Å². The second-order valence-corrected chi connectivity index (χ2v) is 7.49. The molecule has 0 aliphatic carbocycles. The summed E-state index contributed by atoms with van der Waals surface area (Å²) in [6, 6.07) is 23.7. The molecule has 1 saturated heterocycles. The first-order valence-corrected chi connectivity index (χ1v) is 10.4. The van der Waals surface area contributed by atoms with Crippen LogP contribution in [0, 0.1) is 11.3 Å². The van der Waals surface area contributed by atoms with Gasteiger partial charge in [-0.05, 0) is 41.3 Å². The summed E-state index contributed by atoms with van der Waals surface area (Å²) < 4.78 is 11.6. The van der Waals surface area contributed by atoms with Gasteiger partial charge in [-0.2, -0.15) is 5.26 Å². The van der Waals surface area contributed by atoms with Crippen LogP contribution in [0.4, 0.5) is 0 Å². The molecular weight excluding hydrogens is 388 g/mol. The molecule has 1 aliphatic heterocycles. The summed E-state index contributed by atoms with van der Waals surface area (Å²) in [4.78, 5) is 12.7. The van der Waals surface area contributed by atoms with E-state index in [1.54, 1.807) is 6.08 Å². The van der Waals surface area contributed by atoms with Crippen molar-refractivity contribution in [3.8, 4) is 11.8 Å². The molecule has 0 unspecified atom stereocenters. The second-order valence-electron chi connectivity index (χ2n) is 7.49. The molecule has 1 fully saturated rings. The summed E-state index contributed by atoms with van der Waals surface area (Å²) in [5.41, 5.74) is 1.80. The van der Waals surface area contributed by atoms with Crippen LogP contribution in [0.5, 0.6) is 5.75 Å². The van der Waals surface area contributed by atoms with Crippen molar-refractivity contribution in [3.05, 3.63) is 83.4 Å². The van der Waals surface area contributed by atoms with Crippen LogP contribution in [0.2, 0.25) is 0 Å². The Morgan fingerprint density at radius 1 is 1.13 bits per heavy atom. The minimum absolute atomic E-state index is 0.0196. The molecule has 0 saturated carbocycles. The molecule has 1 N–H and O–H groups in total. The summed E-state index contributed by atoms with van der Waals surface area (Å²) in [6.45, 7) is 1.53. The van der Waals surface area contributed by atoms with Crippen LogP contribution in [-0.4, -0.2) is 25.2 Å². The topological polar surface area (TPSA) is 71.3 Å². The van der Waals surface area contributed by atoms with Gasteiger partial charge >= 0.3 is 0 Å². The molecule has 3 aromatic rings. The van der Waals surface area contributed by atoms with Gasteiger partial charge in [-0.15, -0.1) is 0 Å². The number of nitrogens with zero attached hydrogens (tertiary/aromatic N) is 1. The first-order valence-electron chi connectivity index (χ1n) is 10.4. The average molecular weight is 412 g/mol. The number of nitriles is 1. The van der Waals surface area contributed by atoms with E-state index in [9.17, 15) is 10.1 Å². The van der Waals surface area contributed by atoms with Gasteiger partial charge in [0.05, 0.1) is 6.10 Å². The number of carbonyl (C=O) groups is 1. The number of carbonyl (C=O) groups excluding carboxylic acids is 1. The Morgan fingerprint density at radius 3 is 2.71 bits per heavy atom. The molecule has 156 valence electrons. The number of nitrogens with one attached hydrogen (secondary N) is 1. The standard InChI is InChI=1S/C26H24N2O3/c27-16-21(26(29)28-17-22-10-6-14-30-22)15-24-23-11-5-4-9-20(23)12-13-25(24)31-18-19-7-2-1-3-8-19/h1-5,7-9,11-13,15,22H,6,10,14,17-18H2,(H,28,29)/b21-15-/t22-/m1/s1. The fourth-order valence-corrected chi connectivity index (χ4v) is 3.69. The van der Waals surface area contributed by atoms with Crippen molar-refractivity contribution < 1.29 is 14.3 Å². The number of hydrogen-bond acceptors (Lipinski definition) is 4. The Hall–Kier alpha value is -3.62. The van der Waals surface area contributed by atoms with Crippen molar-refractivity contribution in [2.24, 2.45) is 0 Å². The molecule has 5 nitrogen and oxygen atoms in total. The number of fused-ring (bicyclic) bond motifs is 1. The molecule has 5 heteroatoms. The van der Waals surface area contributed by atoms with Crippen molar-refractivity contribution in [1.29, 1.82) is 5.26 Å². The minimum atomic E-state index is -0.403. The first-order chi connectivity index (χ1) is 15.2. The van der Waals surface area contributed by atoms with Crippen LogP contribution < -0.4 is 10.1 Å². The Kier molecular flexibility index (Phi) is 6.61. The van der Waals surface area contributed by atoms with Crippen LogP contribution >= 0.6 is 0 Å². The summed E-state index contributed by atoms with van der Waals surface area (Å²) in [6.07, 6.45) is 3.56. The molecule has 3 aromatic carbocycles. The monoisotopic (exact) mass is 412 g/mol. The third kappa shape index (κ3) is 5.11. The van der Waals surface area contributed by atoms with Crippen molar-refractivity contribution in [1.82, 2.24) is 5.32 Å². The number of rotatable bonds is 7. The lowest BCUT2D eigenvalue weighted by Gasteiger charge is -2.13. The lowest BCUT2D eigenvalue weighted by atomic mass is 10.0. The zero-order valence-electron chi connectivity index (χ0n) is 17.2. The van der Waals surface area contributed by atoms with E-state index in [-0.39, 0.29) is 11.7 Å². The highest BCUT2D eigenvalue weighted by atomic mass is 16.5. The maximum absolute atomic E-state index is 12.7. The predicted octanol–water partition coefficient (Wildman–Crippen LogP) is 4.62. The molecule has 4 rings (SSSR count). The quantitative estimate of drug-likeness (QED) is 0.454. The molecule has 0 spiro atoms. The first kappa shape index (κ1) is 20.6. The Morgan fingerprint density at radius 2 is 1.94 bits per heavy atom. The van der Waals surface area contributed by atoms with E-state index >= 15 is 0 Å². The molecule has 1 aliphatic rings. The van der Waals surface area contributed by atoms with Crippen LogP contribution in [0.15, 0.2) is 72.3 Å². The van der Waals surface area contributed by atoms with Gasteiger partial charge in [0.2, 0.25) is 0 Å². The normalized spacial score (nSPS) is 16.1.